The monoisotopic (exact) mass is 443 g/mol. The summed E-state index contributed by atoms with van der Waals surface area (Å²) in [5.41, 5.74) is 3.09. The number of hydrogen-bond acceptors (Lipinski definition) is 3. The molecule has 174 valence electrons. The van der Waals surface area contributed by atoms with Gasteiger partial charge in [0.1, 0.15) is 5.60 Å². The first-order valence-corrected chi connectivity index (χ1v) is 11.9. The predicted octanol–water partition coefficient (Wildman–Crippen LogP) is 6.84. The molecule has 0 unspecified atom stereocenters. The average Bonchev–Trinajstić information content (AvgIpc) is 2.81. The van der Waals surface area contributed by atoms with E-state index in [4.69, 9.17) is 4.74 Å². The third-order valence-corrected chi connectivity index (χ3v) is 6.10. The van der Waals surface area contributed by atoms with Gasteiger partial charge in [-0.3, -0.25) is 9.69 Å². The molecular weight excluding hydrogens is 406 g/mol. The van der Waals surface area contributed by atoms with Gasteiger partial charge in [0.25, 0.3) is 0 Å². The molecule has 0 aliphatic carbocycles. The Hall–Kier alpha value is -2.91. The fourth-order valence-electron chi connectivity index (χ4n) is 4.28. The van der Waals surface area contributed by atoms with E-state index >= 15 is 0 Å². The van der Waals surface area contributed by atoms with Crippen molar-refractivity contribution in [3.63, 3.8) is 0 Å². The molecule has 3 heteroatoms. The Morgan fingerprint density at radius 3 is 1.79 bits per heavy atom. The lowest BCUT2D eigenvalue weighted by atomic mass is 9.89. The van der Waals surface area contributed by atoms with Gasteiger partial charge >= 0.3 is 5.97 Å². The van der Waals surface area contributed by atoms with Crippen LogP contribution in [0.3, 0.4) is 0 Å². The lowest BCUT2D eigenvalue weighted by molar-refractivity contribution is -0.162. The molecule has 0 amide bonds. The van der Waals surface area contributed by atoms with Crippen LogP contribution >= 0.6 is 0 Å². The average molecular weight is 444 g/mol. The highest BCUT2D eigenvalue weighted by Crippen LogP contribution is 2.30. The molecule has 0 aliphatic heterocycles. The number of esters is 1. The molecule has 0 radical (unpaired) electrons. The Bertz CT molecular complexity index is 980. The van der Waals surface area contributed by atoms with Crippen molar-refractivity contribution < 1.29 is 9.53 Å². The zero-order valence-electron chi connectivity index (χ0n) is 20.6. The Kier molecular flexibility index (Phi) is 8.46. The van der Waals surface area contributed by atoms with Gasteiger partial charge in [-0.1, -0.05) is 91.0 Å². The predicted molar refractivity (Wildman–Crippen MR) is 136 cm³/mol. The maximum Gasteiger partial charge on any atom is 0.311 e. The topological polar surface area (TPSA) is 29.5 Å². The minimum atomic E-state index is -0.527. The molecule has 0 fully saturated rings. The third-order valence-electron chi connectivity index (χ3n) is 6.10. The molecule has 3 atom stereocenters. The van der Waals surface area contributed by atoms with Gasteiger partial charge in [-0.25, -0.2) is 0 Å². The molecule has 0 spiro atoms. The van der Waals surface area contributed by atoms with Crippen LogP contribution in [0.5, 0.6) is 0 Å². The summed E-state index contributed by atoms with van der Waals surface area (Å²) in [5.74, 6) is -0.432. The van der Waals surface area contributed by atoms with Gasteiger partial charge in [-0.2, -0.15) is 0 Å². The molecule has 0 saturated carbocycles. The van der Waals surface area contributed by atoms with Crippen molar-refractivity contribution in [2.45, 2.75) is 65.3 Å². The Morgan fingerprint density at radius 2 is 1.27 bits per heavy atom. The van der Waals surface area contributed by atoms with Gasteiger partial charge in [0, 0.05) is 18.6 Å². The lowest BCUT2D eigenvalue weighted by Gasteiger charge is -2.39. The first-order chi connectivity index (χ1) is 15.7. The van der Waals surface area contributed by atoms with Crippen LogP contribution in [0.15, 0.2) is 91.0 Å². The van der Waals surface area contributed by atoms with Crippen molar-refractivity contribution >= 4 is 5.97 Å². The second-order valence-corrected chi connectivity index (χ2v) is 9.81. The molecule has 3 aromatic carbocycles. The summed E-state index contributed by atoms with van der Waals surface area (Å²) in [4.78, 5) is 15.9. The molecule has 0 aromatic heterocycles. The zero-order valence-corrected chi connectivity index (χ0v) is 20.6. The minimum Gasteiger partial charge on any atom is -0.460 e. The minimum absolute atomic E-state index is 0.0320. The number of ether oxygens (including phenoxy) is 1. The second kappa shape index (κ2) is 11.3. The van der Waals surface area contributed by atoms with E-state index in [0.29, 0.717) is 6.42 Å². The summed E-state index contributed by atoms with van der Waals surface area (Å²) >= 11 is 0. The molecule has 0 heterocycles. The maximum absolute atomic E-state index is 13.5. The largest absolute Gasteiger partial charge is 0.460 e. The molecular formula is C30H37NO2. The number of carbonyl (C=O) groups is 1. The van der Waals surface area contributed by atoms with Crippen molar-refractivity contribution in [3.8, 4) is 0 Å². The highest BCUT2D eigenvalue weighted by atomic mass is 16.6. The molecule has 3 nitrogen and oxygen atoms in total. The van der Waals surface area contributed by atoms with Crippen LogP contribution < -0.4 is 0 Å². The number of carbonyl (C=O) groups excluding carboxylic acids is 1. The highest BCUT2D eigenvalue weighted by molar-refractivity contribution is 5.74. The van der Waals surface area contributed by atoms with Gasteiger partial charge < -0.3 is 4.74 Å². The van der Waals surface area contributed by atoms with E-state index in [1.54, 1.807) is 0 Å². The summed E-state index contributed by atoms with van der Waals surface area (Å²) < 4.78 is 5.91. The van der Waals surface area contributed by atoms with Gasteiger partial charge in [0.2, 0.25) is 0 Å². The molecule has 3 rings (SSSR count). The zero-order chi connectivity index (χ0) is 23.8. The first-order valence-electron chi connectivity index (χ1n) is 11.9. The van der Waals surface area contributed by atoms with E-state index in [-0.39, 0.29) is 24.0 Å². The second-order valence-electron chi connectivity index (χ2n) is 9.81. The Labute approximate surface area is 199 Å². The van der Waals surface area contributed by atoms with Crippen molar-refractivity contribution in [3.05, 3.63) is 108 Å². The van der Waals surface area contributed by atoms with Crippen LogP contribution in [0.1, 0.15) is 57.4 Å². The van der Waals surface area contributed by atoms with E-state index in [0.717, 1.165) is 12.1 Å². The smallest absolute Gasteiger partial charge is 0.311 e. The fourth-order valence-corrected chi connectivity index (χ4v) is 4.28. The Morgan fingerprint density at radius 1 is 0.788 bits per heavy atom. The third kappa shape index (κ3) is 7.30. The quantitative estimate of drug-likeness (QED) is 0.339. The SMILES string of the molecule is C[C@H](c1ccccc1)N(Cc1ccccc1)[C@H](C)[C@H](Cc1ccccc1)C(=O)OC(C)(C)C. The summed E-state index contributed by atoms with van der Waals surface area (Å²) in [7, 11) is 0. The summed E-state index contributed by atoms with van der Waals surface area (Å²) in [6.45, 7) is 11.0. The number of rotatable bonds is 9. The summed E-state index contributed by atoms with van der Waals surface area (Å²) in [6, 6.07) is 31.3. The van der Waals surface area contributed by atoms with Crippen molar-refractivity contribution in [1.82, 2.24) is 4.90 Å². The first kappa shape index (κ1) is 24.7. The van der Waals surface area contributed by atoms with E-state index in [2.05, 4.69) is 79.4 Å². The Balaban J connectivity index is 1.96. The van der Waals surface area contributed by atoms with Gasteiger partial charge in [-0.05, 0) is 57.7 Å². The lowest BCUT2D eigenvalue weighted by Crippen LogP contribution is -2.45. The van der Waals surface area contributed by atoms with Crippen LogP contribution in [-0.4, -0.2) is 22.5 Å². The number of hydrogen-bond donors (Lipinski definition) is 0. The van der Waals surface area contributed by atoms with E-state index in [1.165, 1.54) is 11.1 Å². The molecule has 0 N–H and O–H groups in total. The molecule has 33 heavy (non-hydrogen) atoms. The standard InChI is InChI=1S/C30H37NO2/c1-23(27-19-13-8-14-20-27)31(22-26-17-11-7-12-18-26)24(2)28(29(32)33-30(3,4)5)21-25-15-9-6-10-16-25/h6-20,23-24,28H,21-22H2,1-5H3/t23-,24-,28+/m1/s1. The van der Waals surface area contributed by atoms with Crippen LogP contribution in [0, 0.1) is 5.92 Å². The number of benzene rings is 3. The van der Waals surface area contributed by atoms with E-state index in [9.17, 15) is 4.79 Å². The number of nitrogens with zero attached hydrogens (tertiary/aromatic N) is 1. The normalized spacial score (nSPS) is 14.5. The summed E-state index contributed by atoms with van der Waals surface area (Å²) in [5, 5.41) is 0. The molecule has 0 bridgehead atoms. The van der Waals surface area contributed by atoms with Crippen LogP contribution in [0.2, 0.25) is 0 Å². The molecule has 3 aromatic rings. The molecule has 0 saturated heterocycles. The highest BCUT2D eigenvalue weighted by Gasteiger charge is 2.35. The van der Waals surface area contributed by atoms with Gasteiger partial charge in [0.05, 0.1) is 5.92 Å². The summed E-state index contributed by atoms with van der Waals surface area (Å²) in [6.07, 6.45) is 0.643. The van der Waals surface area contributed by atoms with Crippen molar-refractivity contribution in [1.29, 1.82) is 0 Å². The van der Waals surface area contributed by atoms with Crippen LogP contribution in [0.25, 0.3) is 0 Å². The fraction of sp³-hybridized carbons (Fsp3) is 0.367. The molecule has 0 aliphatic rings. The van der Waals surface area contributed by atoms with Crippen molar-refractivity contribution in [2.24, 2.45) is 5.92 Å². The van der Waals surface area contributed by atoms with Gasteiger partial charge in [0.15, 0.2) is 0 Å². The van der Waals surface area contributed by atoms with Crippen molar-refractivity contribution in [2.75, 3.05) is 0 Å². The maximum atomic E-state index is 13.5. The van der Waals surface area contributed by atoms with E-state index < -0.39 is 5.60 Å². The van der Waals surface area contributed by atoms with E-state index in [1.807, 2.05) is 51.1 Å². The van der Waals surface area contributed by atoms with Gasteiger partial charge in [-0.15, -0.1) is 0 Å². The van der Waals surface area contributed by atoms with Crippen LogP contribution in [0.4, 0.5) is 0 Å². The van der Waals surface area contributed by atoms with Crippen LogP contribution in [-0.2, 0) is 22.5 Å².